The smallest absolute Gasteiger partial charge is 0.269 e. The number of nitro benzene ring substituents is 1. The van der Waals surface area contributed by atoms with E-state index in [1.165, 1.54) is 12.1 Å². The molecule has 3 rings (SSSR count). The van der Waals surface area contributed by atoms with Crippen molar-refractivity contribution in [2.75, 3.05) is 0 Å². The van der Waals surface area contributed by atoms with E-state index >= 15 is 0 Å². The summed E-state index contributed by atoms with van der Waals surface area (Å²) >= 11 is 1.58. The molecule has 0 atom stereocenters. The minimum absolute atomic E-state index is 0.0502. The minimum Gasteiger partial charge on any atom is -0.486 e. The fraction of sp³-hybridized carbons (Fsp3) is 0.118. The number of nitro groups is 1. The zero-order valence-corrected chi connectivity index (χ0v) is 13.1. The summed E-state index contributed by atoms with van der Waals surface area (Å²) in [6.07, 6.45) is 2.21. The molecule has 0 unspecified atom stereocenters. The van der Waals surface area contributed by atoms with Gasteiger partial charge in [0.25, 0.3) is 5.69 Å². The van der Waals surface area contributed by atoms with E-state index in [9.17, 15) is 10.1 Å². The number of fused-ring (bicyclic) bond motifs is 1. The van der Waals surface area contributed by atoms with Gasteiger partial charge in [-0.25, -0.2) is 4.98 Å². The topological polar surface area (TPSA) is 65.3 Å². The van der Waals surface area contributed by atoms with Crippen molar-refractivity contribution in [3.05, 3.63) is 75.8 Å². The van der Waals surface area contributed by atoms with Gasteiger partial charge in [-0.15, -0.1) is 17.9 Å². The molecule has 0 radical (unpaired) electrons. The number of hydrogen-bond acceptors (Lipinski definition) is 5. The van der Waals surface area contributed by atoms with Crippen LogP contribution in [-0.2, 0) is 13.0 Å². The number of ether oxygens (including phenoxy) is 1. The molecule has 0 spiro atoms. The summed E-state index contributed by atoms with van der Waals surface area (Å²) in [7, 11) is 0. The van der Waals surface area contributed by atoms with Crippen molar-refractivity contribution < 1.29 is 9.66 Å². The highest BCUT2D eigenvalue weighted by atomic mass is 32.1. The van der Waals surface area contributed by atoms with Crippen molar-refractivity contribution in [3.63, 3.8) is 0 Å². The third kappa shape index (κ3) is 3.37. The Kier molecular flexibility index (Phi) is 4.34. The van der Waals surface area contributed by atoms with E-state index in [4.69, 9.17) is 4.74 Å². The molecule has 116 valence electrons. The summed E-state index contributed by atoms with van der Waals surface area (Å²) in [6, 6.07) is 12.5. The average molecular weight is 326 g/mol. The third-order valence-electron chi connectivity index (χ3n) is 3.31. The van der Waals surface area contributed by atoms with Crippen molar-refractivity contribution in [1.29, 1.82) is 0 Å². The van der Waals surface area contributed by atoms with Crippen LogP contribution in [0.15, 0.2) is 55.1 Å². The summed E-state index contributed by atoms with van der Waals surface area (Å²) in [5, 5.41) is 11.7. The molecule has 23 heavy (non-hydrogen) atoms. The Morgan fingerprint density at radius 1 is 1.30 bits per heavy atom. The average Bonchev–Trinajstić information content (AvgIpc) is 2.96. The predicted molar refractivity (Wildman–Crippen MR) is 90.9 cm³/mol. The Bertz CT molecular complexity index is 840. The van der Waals surface area contributed by atoms with Crippen molar-refractivity contribution >= 4 is 27.2 Å². The van der Waals surface area contributed by atoms with Crippen LogP contribution in [0, 0.1) is 10.1 Å². The van der Waals surface area contributed by atoms with Crippen molar-refractivity contribution in [1.82, 2.24) is 4.98 Å². The normalized spacial score (nSPS) is 10.6. The van der Waals surface area contributed by atoms with Crippen LogP contribution in [0.1, 0.15) is 10.6 Å². The van der Waals surface area contributed by atoms with Crippen LogP contribution in [-0.4, -0.2) is 9.91 Å². The van der Waals surface area contributed by atoms with E-state index in [1.807, 2.05) is 24.3 Å². The molecule has 0 saturated heterocycles. The number of aromatic nitrogens is 1. The number of benzene rings is 2. The Balaban J connectivity index is 1.81. The summed E-state index contributed by atoms with van der Waals surface area (Å²) in [5.74, 6) is 0.620. The van der Waals surface area contributed by atoms with E-state index in [2.05, 4.69) is 11.6 Å². The first-order valence-corrected chi connectivity index (χ1v) is 7.84. The number of non-ortho nitro benzene ring substituents is 1. The second-order valence-corrected chi connectivity index (χ2v) is 6.02. The van der Waals surface area contributed by atoms with Crippen LogP contribution in [0.25, 0.3) is 10.2 Å². The van der Waals surface area contributed by atoms with Crippen LogP contribution >= 0.6 is 11.3 Å². The monoisotopic (exact) mass is 326 g/mol. The van der Waals surface area contributed by atoms with E-state index in [0.29, 0.717) is 18.8 Å². The third-order valence-corrected chi connectivity index (χ3v) is 4.32. The highest BCUT2D eigenvalue weighted by Gasteiger charge is 2.12. The lowest BCUT2D eigenvalue weighted by Crippen LogP contribution is -1.99. The number of hydrogen-bond donors (Lipinski definition) is 0. The minimum atomic E-state index is -0.413. The van der Waals surface area contributed by atoms with Gasteiger partial charge < -0.3 is 4.74 Å². The summed E-state index contributed by atoms with van der Waals surface area (Å²) < 4.78 is 6.93. The van der Waals surface area contributed by atoms with E-state index < -0.39 is 4.92 Å². The molecule has 0 bridgehead atoms. The van der Waals surface area contributed by atoms with E-state index in [1.54, 1.807) is 23.5 Å². The number of para-hydroxylation sites is 1. The van der Waals surface area contributed by atoms with Crippen LogP contribution in [0.3, 0.4) is 0 Å². The van der Waals surface area contributed by atoms with E-state index in [0.717, 1.165) is 20.8 Å². The molecule has 1 aromatic heterocycles. The number of rotatable bonds is 6. The molecular formula is C17H14N2O3S. The molecule has 0 aliphatic carbocycles. The molecule has 2 aromatic carbocycles. The molecule has 0 aliphatic heterocycles. The maximum absolute atomic E-state index is 10.9. The van der Waals surface area contributed by atoms with Crippen molar-refractivity contribution in [2.24, 2.45) is 0 Å². The second-order valence-electron chi connectivity index (χ2n) is 4.91. The largest absolute Gasteiger partial charge is 0.486 e. The Labute approximate surface area is 137 Å². The highest BCUT2D eigenvalue weighted by molar-refractivity contribution is 7.18. The van der Waals surface area contributed by atoms with Crippen molar-refractivity contribution in [2.45, 2.75) is 13.0 Å². The SMILES string of the molecule is C=CCc1cc([N+](=O)[O-])ccc1OCc1nc2ccccc2s1. The van der Waals surface area contributed by atoms with Crippen molar-refractivity contribution in [3.8, 4) is 5.75 Å². The zero-order chi connectivity index (χ0) is 16.2. The maximum atomic E-state index is 10.9. The molecule has 5 nitrogen and oxygen atoms in total. The number of allylic oxidation sites excluding steroid dienone is 1. The second kappa shape index (κ2) is 6.58. The van der Waals surface area contributed by atoms with Crippen LogP contribution in [0.2, 0.25) is 0 Å². The Morgan fingerprint density at radius 2 is 2.13 bits per heavy atom. The standard InChI is InChI=1S/C17H14N2O3S/c1-2-5-12-10-13(19(20)21)8-9-15(12)22-11-17-18-14-6-3-4-7-16(14)23-17/h2-4,6-10H,1,5,11H2. The number of thiazole rings is 1. The summed E-state index contributed by atoms with van der Waals surface area (Å²) in [4.78, 5) is 15.0. The van der Waals surface area contributed by atoms with Crippen LogP contribution < -0.4 is 4.74 Å². The van der Waals surface area contributed by atoms with Gasteiger partial charge in [0.1, 0.15) is 17.4 Å². The van der Waals surface area contributed by atoms with Crippen LogP contribution in [0.4, 0.5) is 5.69 Å². The first kappa shape index (κ1) is 15.2. The molecule has 0 aliphatic rings. The molecular weight excluding hydrogens is 312 g/mol. The highest BCUT2D eigenvalue weighted by Crippen LogP contribution is 2.27. The zero-order valence-electron chi connectivity index (χ0n) is 12.3. The van der Waals surface area contributed by atoms with Gasteiger partial charge in [-0.1, -0.05) is 18.2 Å². The van der Waals surface area contributed by atoms with Gasteiger partial charge in [0.2, 0.25) is 0 Å². The van der Waals surface area contributed by atoms with Gasteiger partial charge in [0.05, 0.1) is 15.1 Å². The van der Waals surface area contributed by atoms with Gasteiger partial charge in [-0.2, -0.15) is 0 Å². The first-order valence-electron chi connectivity index (χ1n) is 7.03. The predicted octanol–water partition coefficient (Wildman–Crippen LogP) is 4.51. The molecule has 0 saturated carbocycles. The van der Waals surface area contributed by atoms with Gasteiger partial charge in [0, 0.05) is 17.7 Å². The van der Waals surface area contributed by atoms with E-state index in [-0.39, 0.29) is 5.69 Å². The van der Waals surface area contributed by atoms with Gasteiger partial charge in [-0.3, -0.25) is 10.1 Å². The van der Waals surface area contributed by atoms with Gasteiger partial charge in [0.15, 0.2) is 0 Å². The lowest BCUT2D eigenvalue weighted by Gasteiger charge is -2.09. The lowest BCUT2D eigenvalue weighted by atomic mass is 10.1. The number of nitrogens with zero attached hydrogens (tertiary/aromatic N) is 2. The summed E-state index contributed by atoms with van der Waals surface area (Å²) in [6.45, 7) is 4.02. The van der Waals surface area contributed by atoms with Gasteiger partial charge >= 0.3 is 0 Å². The first-order chi connectivity index (χ1) is 11.2. The molecule has 0 amide bonds. The molecule has 6 heteroatoms. The molecule has 0 fully saturated rings. The maximum Gasteiger partial charge on any atom is 0.269 e. The molecule has 3 aromatic rings. The molecule has 0 N–H and O–H groups in total. The Morgan fingerprint density at radius 3 is 2.87 bits per heavy atom. The fourth-order valence-electron chi connectivity index (χ4n) is 2.26. The fourth-order valence-corrected chi connectivity index (χ4v) is 3.14. The lowest BCUT2D eigenvalue weighted by molar-refractivity contribution is -0.384. The quantitative estimate of drug-likeness (QED) is 0.380. The Hall–Kier alpha value is -2.73. The van der Waals surface area contributed by atoms with Gasteiger partial charge in [-0.05, 0) is 24.6 Å². The summed E-state index contributed by atoms with van der Waals surface area (Å²) in [5.41, 5.74) is 1.75. The molecule has 1 heterocycles. The van der Waals surface area contributed by atoms with Crippen LogP contribution in [0.5, 0.6) is 5.75 Å².